The molecule has 0 aromatic carbocycles. The van der Waals surface area contributed by atoms with Crippen LogP contribution in [0.15, 0.2) is 0 Å². The van der Waals surface area contributed by atoms with Crippen molar-refractivity contribution >= 4 is 17.3 Å². The molecule has 6 nitrogen and oxygen atoms in total. The summed E-state index contributed by atoms with van der Waals surface area (Å²) in [5, 5.41) is 34.0. The lowest BCUT2D eigenvalue weighted by Crippen LogP contribution is -2.69. The van der Waals surface area contributed by atoms with Gasteiger partial charge in [0, 0.05) is 19.3 Å². The lowest BCUT2D eigenvalue weighted by Gasteiger charge is -2.39. The molecule has 0 heterocycles. The van der Waals surface area contributed by atoms with Gasteiger partial charge in [0.1, 0.15) is 0 Å². The molecular formula is C51H98O6. The number of ketones is 3. The molecule has 57 heavy (non-hydrogen) atoms. The van der Waals surface area contributed by atoms with Crippen LogP contribution < -0.4 is 0 Å². The minimum Gasteiger partial charge on any atom is -0.393 e. The molecule has 1 atom stereocenters. The Bertz CT molecular complexity index is 875. The zero-order valence-electron chi connectivity index (χ0n) is 38.5. The van der Waals surface area contributed by atoms with Crippen molar-refractivity contribution in [2.24, 2.45) is 0 Å². The number of hydrogen-bond donors (Lipinski definition) is 3. The summed E-state index contributed by atoms with van der Waals surface area (Å²) in [6, 6.07) is 0. The Labute approximate surface area is 354 Å². The first-order chi connectivity index (χ1) is 27.8. The quantitative estimate of drug-likeness (QED) is 0.0417. The average molecular weight is 807 g/mol. The number of Topliss-reactive ketones (excluding diaryl/α,β-unsaturated/α-hetero) is 3. The molecular weight excluding hydrogens is 709 g/mol. The standard InChI is InChI=1S/C51H98O6/c1-4-7-10-13-16-19-22-25-28-31-34-37-40-43-47(53)50(56,46-52)51(57,48(54)44-41-38-35-32-29-26-23-20-17-14-11-8-5-2)49(55)45-42-39-36-33-30-27-24-21-18-15-12-9-6-3/h52,56-57H,4-46H2,1-3H3/t50-/m1/s1. The van der Waals surface area contributed by atoms with Crippen molar-refractivity contribution in [2.75, 3.05) is 6.61 Å². The maximum absolute atomic E-state index is 13.7. The summed E-state index contributed by atoms with van der Waals surface area (Å²) in [4.78, 5) is 41.0. The molecule has 0 unspecified atom stereocenters. The van der Waals surface area contributed by atoms with Crippen LogP contribution in [-0.2, 0) is 14.4 Å². The first-order valence-electron chi connectivity index (χ1n) is 25.4. The fourth-order valence-corrected chi connectivity index (χ4v) is 8.50. The monoisotopic (exact) mass is 807 g/mol. The normalized spacial score (nSPS) is 12.9. The van der Waals surface area contributed by atoms with E-state index in [2.05, 4.69) is 20.8 Å². The van der Waals surface area contributed by atoms with E-state index in [1.165, 1.54) is 173 Å². The van der Waals surface area contributed by atoms with E-state index >= 15 is 0 Å². The molecule has 0 fully saturated rings. The van der Waals surface area contributed by atoms with Gasteiger partial charge >= 0.3 is 0 Å². The lowest BCUT2D eigenvalue weighted by molar-refractivity contribution is -0.194. The van der Waals surface area contributed by atoms with Crippen LogP contribution in [0.3, 0.4) is 0 Å². The van der Waals surface area contributed by atoms with Gasteiger partial charge in [0.05, 0.1) is 6.61 Å². The molecule has 0 radical (unpaired) electrons. The highest BCUT2D eigenvalue weighted by atomic mass is 16.4. The van der Waals surface area contributed by atoms with Crippen molar-refractivity contribution in [3.63, 3.8) is 0 Å². The SMILES string of the molecule is CCCCCCCCCCCCCCCC(=O)C(O)(C(=O)CCCCCCCCCCCCCCC)[C@@](O)(CO)C(=O)CCCCCCCCCCCCCCC. The van der Waals surface area contributed by atoms with Crippen molar-refractivity contribution in [1.82, 2.24) is 0 Å². The second kappa shape index (κ2) is 40.3. The molecule has 0 aliphatic rings. The van der Waals surface area contributed by atoms with E-state index in [1.54, 1.807) is 0 Å². The van der Waals surface area contributed by atoms with E-state index in [0.29, 0.717) is 19.3 Å². The van der Waals surface area contributed by atoms with Gasteiger partial charge in [-0.15, -0.1) is 0 Å². The van der Waals surface area contributed by atoms with Gasteiger partial charge in [-0.1, -0.05) is 252 Å². The molecule has 0 saturated carbocycles. The van der Waals surface area contributed by atoms with Crippen molar-refractivity contribution in [2.45, 2.75) is 302 Å². The zero-order chi connectivity index (χ0) is 42.1. The minimum atomic E-state index is -2.91. The molecule has 0 aliphatic heterocycles. The summed E-state index contributed by atoms with van der Waals surface area (Å²) >= 11 is 0. The highest BCUT2D eigenvalue weighted by Crippen LogP contribution is 2.32. The number of aliphatic hydroxyl groups excluding tert-OH is 1. The number of unbranched alkanes of at least 4 members (excludes halogenated alkanes) is 36. The first kappa shape index (κ1) is 55.9. The van der Waals surface area contributed by atoms with E-state index in [-0.39, 0.29) is 19.3 Å². The molecule has 0 aromatic rings. The minimum absolute atomic E-state index is 0.0742. The number of carbonyl (C=O) groups excluding carboxylic acids is 3. The Balaban J connectivity index is 4.94. The van der Waals surface area contributed by atoms with Gasteiger partial charge in [0.25, 0.3) is 0 Å². The second-order valence-corrected chi connectivity index (χ2v) is 18.0. The molecule has 6 heteroatoms. The predicted octanol–water partition coefficient (Wildman–Crippen LogP) is 14.6. The van der Waals surface area contributed by atoms with Gasteiger partial charge in [0.2, 0.25) is 5.60 Å². The van der Waals surface area contributed by atoms with Gasteiger partial charge < -0.3 is 15.3 Å². The second-order valence-electron chi connectivity index (χ2n) is 18.0. The Morgan fingerprint density at radius 3 is 0.667 bits per heavy atom. The van der Waals surface area contributed by atoms with Gasteiger partial charge in [-0.25, -0.2) is 0 Å². The summed E-state index contributed by atoms with van der Waals surface area (Å²) in [5.41, 5.74) is -5.73. The van der Waals surface area contributed by atoms with Crippen molar-refractivity contribution < 1.29 is 29.7 Å². The summed E-state index contributed by atoms with van der Waals surface area (Å²) in [6.45, 7) is 5.59. The van der Waals surface area contributed by atoms with Crippen molar-refractivity contribution in [3.8, 4) is 0 Å². The summed E-state index contributed by atoms with van der Waals surface area (Å²) < 4.78 is 0. The van der Waals surface area contributed by atoms with Crippen LogP contribution in [-0.4, -0.2) is 50.5 Å². The average Bonchev–Trinajstić information content (AvgIpc) is 3.21. The van der Waals surface area contributed by atoms with Gasteiger partial charge in [-0.2, -0.15) is 0 Å². The van der Waals surface area contributed by atoms with Crippen LogP contribution in [0.1, 0.15) is 290 Å². The third-order valence-corrected chi connectivity index (χ3v) is 12.6. The molecule has 0 spiro atoms. The van der Waals surface area contributed by atoms with Gasteiger partial charge in [-0.05, 0) is 19.3 Å². The molecule has 0 amide bonds. The van der Waals surface area contributed by atoms with Crippen LogP contribution >= 0.6 is 0 Å². The number of rotatable bonds is 47. The molecule has 0 bridgehead atoms. The third-order valence-electron chi connectivity index (χ3n) is 12.6. The lowest BCUT2D eigenvalue weighted by atomic mass is 9.71. The topological polar surface area (TPSA) is 112 Å². The largest absolute Gasteiger partial charge is 0.393 e. The maximum atomic E-state index is 13.7. The zero-order valence-corrected chi connectivity index (χ0v) is 38.5. The maximum Gasteiger partial charge on any atom is 0.219 e. The smallest absolute Gasteiger partial charge is 0.219 e. The van der Waals surface area contributed by atoms with E-state index in [1.807, 2.05) is 0 Å². The number of hydrogen-bond acceptors (Lipinski definition) is 6. The third kappa shape index (κ3) is 28.1. The Kier molecular flexibility index (Phi) is 39.5. The highest BCUT2D eigenvalue weighted by Gasteiger charge is 2.62. The first-order valence-corrected chi connectivity index (χ1v) is 25.4. The molecule has 0 aliphatic carbocycles. The summed E-state index contributed by atoms with van der Waals surface area (Å²) in [7, 11) is 0. The van der Waals surface area contributed by atoms with Crippen LogP contribution in [0.4, 0.5) is 0 Å². The van der Waals surface area contributed by atoms with Crippen LogP contribution in [0, 0.1) is 0 Å². The Hall–Kier alpha value is -1.11. The van der Waals surface area contributed by atoms with Crippen LogP contribution in [0.2, 0.25) is 0 Å². The van der Waals surface area contributed by atoms with Gasteiger partial charge in [0.15, 0.2) is 23.0 Å². The van der Waals surface area contributed by atoms with E-state index in [0.717, 1.165) is 57.8 Å². The van der Waals surface area contributed by atoms with E-state index in [9.17, 15) is 29.7 Å². The van der Waals surface area contributed by atoms with Gasteiger partial charge in [-0.3, -0.25) is 14.4 Å². The van der Waals surface area contributed by atoms with E-state index in [4.69, 9.17) is 0 Å². The summed E-state index contributed by atoms with van der Waals surface area (Å²) in [6.07, 6.45) is 44.5. The Morgan fingerprint density at radius 1 is 0.298 bits per heavy atom. The molecule has 0 rings (SSSR count). The molecule has 0 saturated heterocycles. The highest BCUT2D eigenvalue weighted by molar-refractivity contribution is 6.16. The van der Waals surface area contributed by atoms with E-state index < -0.39 is 35.2 Å². The predicted molar refractivity (Wildman–Crippen MR) is 243 cm³/mol. The Morgan fingerprint density at radius 2 is 0.474 bits per heavy atom. The summed E-state index contributed by atoms with van der Waals surface area (Å²) in [5.74, 6) is -2.44. The molecule has 3 N–H and O–H groups in total. The molecule has 0 aromatic heterocycles. The van der Waals surface area contributed by atoms with Crippen molar-refractivity contribution in [1.29, 1.82) is 0 Å². The van der Waals surface area contributed by atoms with Crippen molar-refractivity contribution in [3.05, 3.63) is 0 Å². The fourth-order valence-electron chi connectivity index (χ4n) is 8.50. The number of carbonyl (C=O) groups is 3. The fraction of sp³-hybridized carbons (Fsp3) is 0.941. The van der Waals surface area contributed by atoms with Crippen LogP contribution in [0.5, 0.6) is 0 Å². The van der Waals surface area contributed by atoms with Crippen LogP contribution in [0.25, 0.3) is 0 Å². The number of aliphatic hydroxyl groups is 3. The molecule has 338 valence electrons.